The van der Waals surface area contributed by atoms with Crippen molar-refractivity contribution in [1.29, 1.82) is 5.26 Å². The SMILES string of the molecule is C[C@@H](Oc1cc2c(-c3cnc(N4CCC[C@@H]4C#N)nc3)n[nH]c2cc1F)c1c(Cl)cncc1Cl. The fourth-order valence-corrected chi connectivity index (χ4v) is 4.79. The van der Waals surface area contributed by atoms with Crippen LogP contribution in [-0.4, -0.2) is 37.7 Å². The van der Waals surface area contributed by atoms with Crippen molar-refractivity contribution >= 4 is 40.1 Å². The number of anilines is 1. The van der Waals surface area contributed by atoms with Gasteiger partial charge in [0.05, 0.1) is 21.6 Å². The van der Waals surface area contributed by atoms with E-state index < -0.39 is 11.9 Å². The Hall–Kier alpha value is -3.48. The van der Waals surface area contributed by atoms with Crippen LogP contribution in [-0.2, 0) is 0 Å². The first kappa shape index (κ1) is 22.3. The summed E-state index contributed by atoms with van der Waals surface area (Å²) in [6, 6.07) is 4.96. The van der Waals surface area contributed by atoms with Crippen LogP contribution in [0.25, 0.3) is 22.2 Å². The maximum absolute atomic E-state index is 14.8. The van der Waals surface area contributed by atoms with Gasteiger partial charge in [-0.1, -0.05) is 23.2 Å². The molecular weight excluding hydrogens is 480 g/mol. The molecule has 0 saturated carbocycles. The Bertz CT molecular complexity index is 1380. The number of nitrogens with one attached hydrogen (secondary N) is 1. The Morgan fingerprint density at radius 1 is 1.21 bits per heavy atom. The van der Waals surface area contributed by atoms with Crippen molar-refractivity contribution < 1.29 is 9.13 Å². The number of nitrogens with zero attached hydrogens (tertiary/aromatic N) is 6. The summed E-state index contributed by atoms with van der Waals surface area (Å²) in [5.41, 5.74) is 2.22. The van der Waals surface area contributed by atoms with Gasteiger partial charge in [-0.15, -0.1) is 0 Å². The molecule has 4 aromatic rings. The lowest BCUT2D eigenvalue weighted by molar-refractivity contribution is 0.217. The van der Waals surface area contributed by atoms with E-state index in [0.29, 0.717) is 43.7 Å². The van der Waals surface area contributed by atoms with E-state index in [1.165, 1.54) is 18.5 Å². The second-order valence-electron chi connectivity index (χ2n) is 7.93. The minimum Gasteiger partial charge on any atom is -0.483 e. The van der Waals surface area contributed by atoms with E-state index in [9.17, 15) is 9.65 Å². The molecule has 1 aliphatic heterocycles. The van der Waals surface area contributed by atoms with Crippen LogP contribution in [0.15, 0.2) is 36.9 Å². The molecule has 0 amide bonds. The molecule has 1 saturated heterocycles. The lowest BCUT2D eigenvalue weighted by atomic mass is 10.1. The average Bonchev–Trinajstić information content (AvgIpc) is 3.46. The number of hydrogen-bond donors (Lipinski definition) is 1. The highest BCUT2D eigenvalue weighted by atomic mass is 35.5. The van der Waals surface area contributed by atoms with Crippen LogP contribution in [0.1, 0.15) is 31.4 Å². The molecule has 3 aromatic heterocycles. The molecule has 0 aliphatic carbocycles. The van der Waals surface area contributed by atoms with E-state index in [0.717, 1.165) is 19.4 Å². The number of fused-ring (bicyclic) bond motifs is 1. The highest BCUT2D eigenvalue weighted by Crippen LogP contribution is 2.36. The Labute approximate surface area is 204 Å². The molecule has 0 radical (unpaired) electrons. The van der Waals surface area contributed by atoms with Crippen LogP contribution < -0.4 is 9.64 Å². The highest BCUT2D eigenvalue weighted by Gasteiger charge is 2.26. The second-order valence-corrected chi connectivity index (χ2v) is 8.74. The lowest BCUT2D eigenvalue weighted by Crippen LogP contribution is -2.29. The number of H-pyrrole nitrogens is 1. The van der Waals surface area contributed by atoms with Crippen LogP contribution in [0, 0.1) is 17.1 Å². The number of pyridine rings is 1. The van der Waals surface area contributed by atoms with Crippen molar-refractivity contribution in [3.8, 4) is 23.1 Å². The average molecular weight is 498 g/mol. The molecular formula is C23H18Cl2FN7O. The third-order valence-electron chi connectivity index (χ3n) is 5.79. The smallest absolute Gasteiger partial charge is 0.226 e. The zero-order valence-corrected chi connectivity index (χ0v) is 19.5. The van der Waals surface area contributed by atoms with Crippen molar-refractivity contribution in [3.63, 3.8) is 0 Å². The van der Waals surface area contributed by atoms with E-state index >= 15 is 0 Å². The van der Waals surface area contributed by atoms with Gasteiger partial charge in [-0.2, -0.15) is 10.4 Å². The quantitative estimate of drug-likeness (QED) is 0.388. The van der Waals surface area contributed by atoms with Crippen LogP contribution in [0.3, 0.4) is 0 Å². The Balaban J connectivity index is 1.46. The summed E-state index contributed by atoms with van der Waals surface area (Å²) in [6.45, 7) is 2.47. The van der Waals surface area contributed by atoms with E-state index in [2.05, 4.69) is 31.2 Å². The summed E-state index contributed by atoms with van der Waals surface area (Å²) < 4.78 is 20.7. The Kier molecular flexibility index (Phi) is 5.94. The first-order chi connectivity index (χ1) is 16.5. The van der Waals surface area contributed by atoms with E-state index in [-0.39, 0.29) is 11.8 Å². The van der Waals surface area contributed by atoms with Gasteiger partial charge in [0, 0.05) is 53.9 Å². The van der Waals surface area contributed by atoms with E-state index in [4.69, 9.17) is 27.9 Å². The molecule has 0 bridgehead atoms. The second kappa shape index (κ2) is 9.05. The maximum Gasteiger partial charge on any atom is 0.226 e. The summed E-state index contributed by atoms with van der Waals surface area (Å²) in [4.78, 5) is 14.7. The molecule has 1 aromatic carbocycles. The van der Waals surface area contributed by atoms with Crippen LogP contribution >= 0.6 is 23.2 Å². The van der Waals surface area contributed by atoms with Gasteiger partial charge in [-0.3, -0.25) is 10.1 Å². The molecule has 0 unspecified atom stereocenters. The third-order valence-corrected chi connectivity index (χ3v) is 6.39. The third kappa shape index (κ3) is 4.00. The van der Waals surface area contributed by atoms with Crippen LogP contribution in [0.2, 0.25) is 10.0 Å². The molecule has 1 aliphatic rings. The molecule has 11 heteroatoms. The molecule has 5 rings (SSSR count). The molecule has 4 heterocycles. The van der Waals surface area contributed by atoms with E-state index in [1.54, 1.807) is 25.4 Å². The van der Waals surface area contributed by atoms with Gasteiger partial charge in [-0.05, 0) is 25.8 Å². The maximum atomic E-state index is 14.8. The van der Waals surface area contributed by atoms with Gasteiger partial charge >= 0.3 is 0 Å². The molecule has 34 heavy (non-hydrogen) atoms. The molecule has 1 N–H and O–H groups in total. The number of hydrogen-bond acceptors (Lipinski definition) is 7. The number of ether oxygens (including phenoxy) is 1. The topological polar surface area (TPSA) is 104 Å². The molecule has 0 spiro atoms. The number of benzene rings is 1. The van der Waals surface area contributed by atoms with Gasteiger partial charge in [0.1, 0.15) is 17.8 Å². The van der Waals surface area contributed by atoms with E-state index in [1.807, 2.05) is 4.90 Å². The van der Waals surface area contributed by atoms with Crippen molar-refractivity contribution in [2.24, 2.45) is 0 Å². The summed E-state index contributed by atoms with van der Waals surface area (Å²) in [6.07, 6.45) is 7.31. The van der Waals surface area contributed by atoms with Crippen LogP contribution in [0.4, 0.5) is 10.3 Å². The number of rotatable bonds is 5. The van der Waals surface area contributed by atoms with Gasteiger partial charge in [-0.25, -0.2) is 14.4 Å². The summed E-state index contributed by atoms with van der Waals surface area (Å²) >= 11 is 12.4. The number of aromatic nitrogens is 5. The fourth-order valence-electron chi connectivity index (χ4n) is 4.12. The summed E-state index contributed by atoms with van der Waals surface area (Å²) in [5.74, 6) is -0.0280. The van der Waals surface area contributed by atoms with Gasteiger partial charge in [0.2, 0.25) is 5.95 Å². The molecule has 8 nitrogen and oxygen atoms in total. The number of nitriles is 1. The molecule has 1 fully saturated rings. The summed E-state index contributed by atoms with van der Waals surface area (Å²) in [7, 11) is 0. The van der Waals surface area contributed by atoms with Crippen molar-refractivity contribution in [3.05, 3.63) is 58.3 Å². The first-order valence-corrected chi connectivity index (χ1v) is 11.3. The van der Waals surface area contributed by atoms with Crippen molar-refractivity contribution in [2.45, 2.75) is 31.9 Å². The number of aromatic amines is 1. The first-order valence-electron chi connectivity index (χ1n) is 10.6. The largest absolute Gasteiger partial charge is 0.483 e. The predicted molar refractivity (Wildman–Crippen MR) is 126 cm³/mol. The normalized spacial score (nSPS) is 16.6. The highest BCUT2D eigenvalue weighted by molar-refractivity contribution is 6.35. The standard InChI is InChI=1S/C23H18Cl2FN7O/c1-12(21-16(24)10-28-11-17(21)25)34-20-5-15-19(6-18(20)26)31-32-22(15)13-8-29-23(30-9-13)33-4-2-3-14(33)7-27/h5-6,8-12,14H,2-4H2,1H3,(H,31,32)/t12-,14-/m1/s1. The zero-order chi connectivity index (χ0) is 23.8. The molecule has 2 atom stereocenters. The van der Waals surface area contributed by atoms with Gasteiger partial charge in [0.15, 0.2) is 11.6 Å². The summed E-state index contributed by atoms with van der Waals surface area (Å²) in [5, 5.41) is 17.8. The van der Waals surface area contributed by atoms with Crippen LogP contribution in [0.5, 0.6) is 5.75 Å². The van der Waals surface area contributed by atoms with Gasteiger partial charge < -0.3 is 9.64 Å². The molecule has 172 valence electrons. The van der Waals surface area contributed by atoms with Crippen molar-refractivity contribution in [2.75, 3.05) is 11.4 Å². The Morgan fingerprint density at radius 2 is 1.94 bits per heavy atom. The minimum atomic E-state index is -0.624. The minimum absolute atomic E-state index is 0.0260. The van der Waals surface area contributed by atoms with Crippen molar-refractivity contribution in [1.82, 2.24) is 25.1 Å². The number of halogens is 3. The van der Waals surface area contributed by atoms with Gasteiger partial charge in [0.25, 0.3) is 0 Å². The zero-order valence-electron chi connectivity index (χ0n) is 18.0. The Morgan fingerprint density at radius 3 is 2.65 bits per heavy atom. The lowest BCUT2D eigenvalue weighted by Gasteiger charge is -2.19. The predicted octanol–water partition coefficient (Wildman–Crippen LogP) is 5.49. The fraction of sp³-hybridized carbons (Fsp3) is 0.261. The monoisotopic (exact) mass is 497 g/mol.